The molecule has 11 heteroatoms. The van der Waals surface area contributed by atoms with Crippen LogP contribution in [0.3, 0.4) is 0 Å². The van der Waals surface area contributed by atoms with Crippen LogP contribution in [0.2, 0.25) is 0 Å². The Morgan fingerprint density at radius 3 is 2.68 bits per heavy atom. The van der Waals surface area contributed by atoms with E-state index in [9.17, 15) is 18.5 Å². The summed E-state index contributed by atoms with van der Waals surface area (Å²) in [6.45, 7) is 0. The van der Waals surface area contributed by atoms with Crippen molar-refractivity contribution in [1.82, 2.24) is 10.2 Å². The van der Waals surface area contributed by atoms with Gasteiger partial charge in [-0.2, -0.15) is 0 Å². The van der Waals surface area contributed by atoms with E-state index in [1.54, 1.807) is 0 Å². The maximum absolute atomic E-state index is 11.9. The van der Waals surface area contributed by atoms with Crippen LogP contribution in [0.1, 0.15) is 0 Å². The molecule has 19 heavy (non-hydrogen) atoms. The first-order valence-electron chi connectivity index (χ1n) is 4.73. The Hall–Kier alpha value is -2.27. The van der Waals surface area contributed by atoms with Crippen molar-refractivity contribution in [2.24, 2.45) is 0 Å². The first-order valence-corrected chi connectivity index (χ1v) is 7.09. The molecule has 0 saturated carbocycles. The smallest absolute Gasteiger partial charge is 0.292 e. The average molecular weight is 301 g/mol. The summed E-state index contributed by atoms with van der Waals surface area (Å²) in [5.74, 6) is 0. The van der Waals surface area contributed by atoms with E-state index < -0.39 is 14.9 Å². The molecule has 3 N–H and O–H groups in total. The number of aromatic nitrogens is 2. The van der Waals surface area contributed by atoms with Crippen LogP contribution in [0, 0.1) is 10.1 Å². The number of nitro benzene ring substituents is 1. The number of nitrogens with two attached hydrogens (primary N) is 1. The highest BCUT2D eigenvalue weighted by Crippen LogP contribution is 2.25. The zero-order valence-corrected chi connectivity index (χ0v) is 10.8. The van der Waals surface area contributed by atoms with Gasteiger partial charge in [0.15, 0.2) is 0 Å². The van der Waals surface area contributed by atoms with Gasteiger partial charge < -0.3 is 5.73 Å². The van der Waals surface area contributed by atoms with Crippen molar-refractivity contribution in [2.45, 2.75) is 4.90 Å². The normalized spacial score (nSPS) is 11.2. The average Bonchev–Trinajstić information content (AvgIpc) is 2.80. The quantitative estimate of drug-likeness (QED) is 0.484. The number of nitro groups is 1. The number of nitrogens with one attached hydrogen (secondary N) is 1. The predicted molar refractivity (Wildman–Crippen MR) is 68.2 cm³/mol. The summed E-state index contributed by atoms with van der Waals surface area (Å²) in [5, 5.41) is 17.7. The van der Waals surface area contributed by atoms with Gasteiger partial charge in [-0.05, 0) is 12.1 Å². The van der Waals surface area contributed by atoms with Crippen LogP contribution in [-0.4, -0.2) is 23.5 Å². The Kier molecular flexibility index (Phi) is 3.31. The standard InChI is InChI=1S/C8H7N5O4S2/c9-6-3-5(1-2-7(6)13(14)15)19(16,17)12-8-11-10-4-18-8/h1-4H,9H2,(H,11,12). The molecule has 0 bridgehead atoms. The summed E-state index contributed by atoms with van der Waals surface area (Å²) in [6.07, 6.45) is 0. The first-order chi connectivity index (χ1) is 8.90. The highest BCUT2D eigenvalue weighted by atomic mass is 32.2. The molecule has 0 amide bonds. The van der Waals surface area contributed by atoms with E-state index >= 15 is 0 Å². The Balaban J connectivity index is 2.36. The number of nitrogen functional groups attached to an aromatic ring is 1. The van der Waals surface area contributed by atoms with E-state index in [2.05, 4.69) is 14.9 Å². The maximum Gasteiger partial charge on any atom is 0.292 e. The minimum absolute atomic E-state index is 0.0944. The lowest BCUT2D eigenvalue weighted by molar-refractivity contribution is -0.383. The van der Waals surface area contributed by atoms with Crippen molar-refractivity contribution in [3.63, 3.8) is 0 Å². The molecule has 0 aliphatic heterocycles. The minimum atomic E-state index is -3.89. The number of rotatable bonds is 4. The lowest BCUT2D eigenvalue weighted by atomic mass is 10.3. The fourth-order valence-electron chi connectivity index (χ4n) is 1.26. The molecule has 0 aliphatic carbocycles. The molecule has 0 fully saturated rings. The molecule has 2 rings (SSSR count). The van der Waals surface area contributed by atoms with Gasteiger partial charge in [-0.25, -0.2) is 8.42 Å². The lowest BCUT2D eigenvalue weighted by Crippen LogP contribution is -2.13. The van der Waals surface area contributed by atoms with Gasteiger partial charge in [0.2, 0.25) is 5.13 Å². The molecule has 0 atom stereocenters. The molecule has 0 radical (unpaired) electrons. The molecule has 1 aromatic carbocycles. The van der Waals surface area contributed by atoms with Crippen molar-refractivity contribution >= 4 is 37.9 Å². The van der Waals surface area contributed by atoms with E-state index in [4.69, 9.17) is 5.73 Å². The number of hydrogen-bond acceptors (Lipinski definition) is 8. The molecule has 9 nitrogen and oxygen atoms in total. The molecule has 0 unspecified atom stereocenters. The number of anilines is 2. The SMILES string of the molecule is Nc1cc(S(=O)(=O)Nc2nncs2)ccc1[N+](=O)[O-]. The van der Waals surface area contributed by atoms with Crippen LogP contribution in [0.5, 0.6) is 0 Å². The monoisotopic (exact) mass is 301 g/mol. The van der Waals surface area contributed by atoms with Crippen LogP contribution >= 0.6 is 11.3 Å². The summed E-state index contributed by atoms with van der Waals surface area (Å²) in [7, 11) is -3.89. The summed E-state index contributed by atoms with van der Waals surface area (Å²) in [6, 6.07) is 3.14. The topological polar surface area (TPSA) is 141 Å². The van der Waals surface area contributed by atoms with Gasteiger partial charge in [0.1, 0.15) is 11.2 Å². The third-order valence-corrected chi connectivity index (χ3v) is 4.16. The van der Waals surface area contributed by atoms with Crippen LogP contribution in [0.25, 0.3) is 0 Å². The molecular weight excluding hydrogens is 294 g/mol. The molecule has 0 spiro atoms. The Morgan fingerprint density at radius 1 is 1.42 bits per heavy atom. The summed E-state index contributed by atoms with van der Waals surface area (Å²) < 4.78 is 26.1. The summed E-state index contributed by atoms with van der Waals surface area (Å²) in [4.78, 5) is 9.70. The van der Waals surface area contributed by atoms with E-state index in [0.29, 0.717) is 0 Å². The number of nitrogens with zero attached hydrogens (tertiary/aromatic N) is 3. The van der Waals surface area contributed by atoms with Crippen molar-refractivity contribution in [3.05, 3.63) is 33.8 Å². The van der Waals surface area contributed by atoms with Crippen molar-refractivity contribution in [2.75, 3.05) is 10.5 Å². The van der Waals surface area contributed by atoms with Gasteiger partial charge in [-0.3, -0.25) is 14.8 Å². The number of hydrogen-bond donors (Lipinski definition) is 2. The highest BCUT2D eigenvalue weighted by Gasteiger charge is 2.20. The Morgan fingerprint density at radius 2 is 2.16 bits per heavy atom. The van der Waals surface area contributed by atoms with Crippen molar-refractivity contribution < 1.29 is 13.3 Å². The molecule has 1 aromatic heterocycles. The Labute approximate surface area is 111 Å². The molecule has 0 saturated heterocycles. The second-order valence-electron chi connectivity index (χ2n) is 3.33. The summed E-state index contributed by atoms with van der Waals surface area (Å²) in [5.41, 5.74) is 6.21. The molecule has 2 aromatic rings. The van der Waals surface area contributed by atoms with E-state index in [1.807, 2.05) is 0 Å². The van der Waals surface area contributed by atoms with Gasteiger partial charge in [0.05, 0.1) is 9.82 Å². The molecule has 0 aliphatic rings. The number of sulfonamides is 1. The van der Waals surface area contributed by atoms with Gasteiger partial charge >= 0.3 is 0 Å². The van der Waals surface area contributed by atoms with Crippen molar-refractivity contribution in [3.8, 4) is 0 Å². The zero-order chi connectivity index (χ0) is 14.0. The Bertz CT molecular complexity index is 713. The molecule has 1 heterocycles. The van der Waals surface area contributed by atoms with Gasteiger partial charge in [-0.15, -0.1) is 10.2 Å². The fraction of sp³-hybridized carbons (Fsp3) is 0. The van der Waals surface area contributed by atoms with Crippen LogP contribution < -0.4 is 10.5 Å². The first kappa shape index (κ1) is 13.2. The largest absolute Gasteiger partial charge is 0.393 e. The van der Waals surface area contributed by atoms with Gasteiger partial charge in [-0.1, -0.05) is 11.3 Å². The minimum Gasteiger partial charge on any atom is -0.393 e. The molecular formula is C8H7N5O4S2. The zero-order valence-electron chi connectivity index (χ0n) is 9.18. The highest BCUT2D eigenvalue weighted by molar-refractivity contribution is 7.93. The predicted octanol–water partition coefficient (Wildman–Crippen LogP) is 0.829. The fourth-order valence-corrected chi connectivity index (χ4v) is 2.99. The van der Waals surface area contributed by atoms with E-state index in [0.717, 1.165) is 29.5 Å². The van der Waals surface area contributed by atoms with Crippen molar-refractivity contribution in [1.29, 1.82) is 0 Å². The van der Waals surface area contributed by atoms with E-state index in [-0.39, 0.29) is 21.4 Å². The maximum atomic E-state index is 11.9. The second-order valence-corrected chi connectivity index (χ2v) is 5.84. The van der Waals surface area contributed by atoms with Gasteiger partial charge in [0, 0.05) is 6.07 Å². The van der Waals surface area contributed by atoms with Crippen LogP contribution in [0.15, 0.2) is 28.6 Å². The number of benzene rings is 1. The third-order valence-electron chi connectivity index (χ3n) is 2.09. The molecule has 100 valence electrons. The van der Waals surface area contributed by atoms with Gasteiger partial charge in [0.25, 0.3) is 15.7 Å². The summed E-state index contributed by atoms with van der Waals surface area (Å²) >= 11 is 1.00. The second kappa shape index (κ2) is 4.78. The van der Waals surface area contributed by atoms with E-state index in [1.165, 1.54) is 5.51 Å². The van der Waals surface area contributed by atoms with Crippen LogP contribution in [0.4, 0.5) is 16.5 Å². The van der Waals surface area contributed by atoms with Crippen LogP contribution in [-0.2, 0) is 10.0 Å². The third kappa shape index (κ3) is 2.77. The lowest BCUT2D eigenvalue weighted by Gasteiger charge is -2.05.